The molecule has 1 aromatic carbocycles. The summed E-state index contributed by atoms with van der Waals surface area (Å²) in [5.74, 6) is 3.82. The van der Waals surface area contributed by atoms with E-state index >= 15 is 0 Å². The standard InChI is InChI=1S/C24H25N3O3S2/c1-13-2-6-16-19(10-13)32-24-21(16)23(26-22(27-24)14-3-4-14)31-12-20(28)25-15-5-7-17-18(11-15)30-9-8-29-17/h5,7,11,13-14H,2-4,6,8-10,12H2,1H3,(H,25,28). The minimum atomic E-state index is -0.0517. The number of hydrogen-bond acceptors (Lipinski definition) is 7. The van der Waals surface area contributed by atoms with E-state index in [-0.39, 0.29) is 5.91 Å². The third-order valence-electron chi connectivity index (χ3n) is 6.25. The van der Waals surface area contributed by atoms with Gasteiger partial charge in [0.25, 0.3) is 0 Å². The lowest BCUT2D eigenvalue weighted by Crippen LogP contribution is -2.17. The molecule has 1 unspecified atom stereocenters. The number of aryl methyl sites for hydroxylation is 1. The van der Waals surface area contributed by atoms with Gasteiger partial charge in [0.15, 0.2) is 11.5 Å². The van der Waals surface area contributed by atoms with Crippen LogP contribution in [0.15, 0.2) is 23.2 Å². The Morgan fingerprint density at radius 3 is 2.88 bits per heavy atom. The highest BCUT2D eigenvalue weighted by molar-refractivity contribution is 8.00. The van der Waals surface area contributed by atoms with E-state index in [9.17, 15) is 4.79 Å². The van der Waals surface area contributed by atoms with Gasteiger partial charge in [0.05, 0.1) is 5.75 Å². The van der Waals surface area contributed by atoms with Crippen molar-refractivity contribution < 1.29 is 14.3 Å². The van der Waals surface area contributed by atoms with Crippen molar-refractivity contribution in [2.75, 3.05) is 24.3 Å². The summed E-state index contributed by atoms with van der Waals surface area (Å²) in [4.78, 5) is 25.2. The third-order valence-corrected chi connectivity index (χ3v) is 8.37. The maximum Gasteiger partial charge on any atom is 0.234 e. The molecule has 1 fully saturated rings. The molecule has 2 aromatic heterocycles. The molecule has 6 nitrogen and oxygen atoms in total. The van der Waals surface area contributed by atoms with Crippen LogP contribution < -0.4 is 14.8 Å². The summed E-state index contributed by atoms with van der Waals surface area (Å²) in [7, 11) is 0. The first kappa shape index (κ1) is 20.3. The van der Waals surface area contributed by atoms with Crippen LogP contribution >= 0.6 is 23.1 Å². The van der Waals surface area contributed by atoms with Crippen molar-refractivity contribution in [3.8, 4) is 11.5 Å². The Kier molecular flexibility index (Phi) is 5.22. The molecule has 1 aliphatic heterocycles. The number of fused-ring (bicyclic) bond motifs is 4. The highest BCUT2D eigenvalue weighted by Crippen LogP contribution is 2.44. The minimum absolute atomic E-state index is 0.0517. The monoisotopic (exact) mass is 467 g/mol. The molecule has 0 bridgehead atoms. The van der Waals surface area contributed by atoms with Crippen molar-refractivity contribution >= 4 is 44.9 Å². The van der Waals surface area contributed by atoms with Crippen LogP contribution in [0.5, 0.6) is 11.5 Å². The van der Waals surface area contributed by atoms with E-state index in [2.05, 4.69) is 12.2 Å². The molecular formula is C24H25N3O3S2. The lowest BCUT2D eigenvalue weighted by Gasteiger charge is -2.19. The number of thioether (sulfide) groups is 1. The zero-order valence-corrected chi connectivity index (χ0v) is 19.6. The highest BCUT2D eigenvalue weighted by atomic mass is 32.2. The number of ether oxygens (including phenoxy) is 2. The SMILES string of the molecule is CC1CCc2c(sc3nc(C4CC4)nc(SCC(=O)Nc4ccc5c(c4)OCCO5)c23)C1. The van der Waals surface area contributed by atoms with E-state index in [4.69, 9.17) is 19.4 Å². The van der Waals surface area contributed by atoms with Crippen LogP contribution in [0, 0.1) is 5.92 Å². The largest absolute Gasteiger partial charge is 0.486 e. The van der Waals surface area contributed by atoms with Crippen molar-refractivity contribution in [1.29, 1.82) is 0 Å². The quantitative estimate of drug-likeness (QED) is 0.411. The molecule has 0 saturated heterocycles. The molecule has 0 radical (unpaired) electrons. The fourth-order valence-corrected chi connectivity index (χ4v) is 6.72. The zero-order chi connectivity index (χ0) is 21.7. The molecular weight excluding hydrogens is 442 g/mol. The molecule has 166 valence electrons. The van der Waals surface area contributed by atoms with Gasteiger partial charge < -0.3 is 14.8 Å². The van der Waals surface area contributed by atoms with Gasteiger partial charge >= 0.3 is 0 Å². The number of benzene rings is 1. The smallest absolute Gasteiger partial charge is 0.234 e. The number of anilines is 1. The maximum absolute atomic E-state index is 12.7. The molecule has 1 atom stereocenters. The van der Waals surface area contributed by atoms with Gasteiger partial charge in [-0.25, -0.2) is 9.97 Å². The van der Waals surface area contributed by atoms with Gasteiger partial charge in [0.2, 0.25) is 5.91 Å². The van der Waals surface area contributed by atoms with E-state index < -0.39 is 0 Å². The average molecular weight is 468 g/mol. The molecule has 1 N–H and O–H groups in total. The Morgan fingerprint density at radius 2 is 2.03 bits per heavy atom. The summed E-state index contributed by atoms with van der Waals surface area (Å²) in [5.41, 5.74) is 2.13. The average Bonchev–Trinajstić information content (AvgIpc) is 3.58. The predicted octanol–water partition coefficient (Wildman–Crippen LogP) is 5.20. The summed E-state index contributed by atoms with van der Waals surface area (Å²) in [6, 6.07) is 5.51. The second kappa shape index (κ2) is 8.23. The van der Waals surface area contributed by atoms with Crippen LogP contribution in [-0.2, 0) is 17.6 Å². The lowest BCUT2D eigenvalue weighted by molar-refractivity contribution is -0.113. The van der Waals surface area contributed by atoms with Crippen LogP contribution in [0.3, 0.4) is 0 Å². The van der Waals surface area contributed by atoms with Gasteiger partial charge in [-0.3, -0.25) is 4.79 Å². The van der Waals surface area contributed by atoms with Crippen LogP contribution in [0.25, 0.3) is 10.2 Å². The number of rotatable bonds is 5. The van der Waals surface area contributed by atoms with E-state index in [1.54, 1.807) is 0 Å². The van der Waals surface area contributed by atoms with Crippen LogP contribution in [0.1, 0.15) is 48.4 Å². The van der Waals surface area contributed by atoms with E-state index in [0.29, 0.717) is 36.3 Å². The first-order chi connectivity index (χ1) is 15.6. The Hall–Kier alpha value is -2.32. The molecule has 6 rings (SSSR count). The third kappa shape index (κ3) is 3.94. The van der Waals surface area contributed by atoms with Crippen LogP contribution in [0.2, 0.25) is 0 Å². The number of nitrogens with zero attached hydrogens (tertiary/aromatic N) is 2. The van der Waals surface area contributed by atoms with Gasteiger partial charge in [0.1, 0.15) is 28.9 Å². The first-order valence-corrected chi connectivity index (χ1v) is 13.1. The van der Waals surface area contributed by atoms with Crippen molar-refractivity contribution in [3.63, 3.8) is 0 Å². The molecule has 3 aliphatic rings. The van der Waals surface area contributed by atoms with Gasteiger partial charge in [0, 0.05) is 27.9 Å². The summed E-state index contributed by atoms with van der Waals surface area (Å²) in [6.45, 7) is 3.40. The summed E-state index contributed by atoms with van der Waals surface area (Å²) in [6.07, 6.45) is 5.76. The van der Waals surface area contributed by atoms with E-state index in [0.717, 1.165) is 40.2 Å². The molecule has 8 heteroatoms. The van der Waals surface area contributed by atoms with Crippen molar-refractivity contribution in [2.45, 2.75) is 50.0 Å². The molecule has 2 aliphatic carbocycles. The summed E-state index contributed by atoms with van der Waals surface area (Å²) >= 11 is 3.37. The first-order valence-electron chi connectivity index (χ1n) is 11.3. The summed E-state index contributed by atoms with van der Waals surface area (Å²) < 4.78 is 11.2. The fourth-order valence-electron chi connectivity index (χ4n) is 4.41. The number of hydrogen-bond donors (Lipinski definition) is 1. The Labute approximate surface area is 195 Å². The second-order valence-corrected chi connectivity index (χ2v) is 10.9. The maximum atomic E-state index is 12.7. The molecule has 3 heterocycles. The number of nitrogens with one attached hydrogen (secondary N) is 1. The number of thiophene rings is 1. The normalized spacial score (nSPS) is 19.6. The van der Waals surface area contributed by atoms with Crippen molar-refractivity contribution in [3.05, 3.63) is 34.5 Å². The predicted molar refractivity (Wildman–Crippen MR) is 127 cm³/mol. The van der Waals surface area contributed by atoms with E-state index in [1.807, 2.05) is 29.5 Å². The van der Waals surface area contributed by atoms with E-state index in [1.165, 1.54) is 46.9 Å². The van der Waals surface area contributed by atoms with Gasteiger partial charge in [-0.15, -0.1) is 11.3 Å². The van der Waals surface area contributed by atoms with Crippen LogP contribution in [0.4, 0.5) is 5.69 Å². The molecule has 1 amide bonds. The number of aromatic nitrogens is 2. The minimum Gasteiger partial charge on any atom is -0.486 e. The van der Waals surface area contributed by atoms with Crippen molar-refractivity contribution in [1.82, 2.24) is 9.97 Å². The number of carbonyl (C=O) groups excluding carboxylic acids is 1. The summed E-state index contributed by atoms with van der Waals surface area (Å²) in [5, 5.41) is 5.15. The molecule has 0 spiro atoms. The van der Waals surface area contributed by atoms with Gasteiger partial charge in [-0.1, -0.05) is 18.7 Å². The topological polar surface area (TPSA) is 73.3 Å². The Balaban J connectivity index is 1.23. The number of amides is 1. The number of carbonyl (C=O) groups is 1. The molecule has 32 heavy (non-hydrogen) atoms. The zero-order valence-electron chi connectivity index (χ0n) is 18.0. The van der Waals surface area contributed by atoms with Gasteiger partial charge in [-0.05, 0) is 55.7 Å². The second-order valence-electron chi connectivity index (χ2n) is 8.89. The van der Waals surface area contributed by atoms with Crippen LogP contribution in [-0.4, -0.2) is 34.8 Å². The highest BCUT2D eigenvalue weighted by Gasteiger charge is 2.30. The molecule has 3 aromatic rings. The Bertz CT molecular complexity index is 1200. The molecule has 1 saturated carbocycles. The fraction of sp³-hybridized carbons (Fsp3) is 0.458. The van der Waals surface area contributed by atoms with Gasteiger partial charge in [-0.2, -0.15) is 0 Å². The van der Waals surface area contributed by atoms with Crippen molar-refractivity contribution in [2.24, 2.45) is 5.92 Å². The lowest BCUT2D eigenvalue weighted by atomic mass is 9.89. The Morgan fingerprint density at radius 1 is 1.19 bits per heavy atom.